The SMILES string of the molecule is Cc1ccc(C)c(NC(=O)CSc2ccc(NC(=O)/C(=C/c3ccc(N(C)C)cc3)NC(=O)c3ccccc3)cc2)c1. The first-order chi connectivity index (χ1) is 20.2. The quantitative estimate of drug-likeness (QED) is 0.147. The van der Waals surface area contributed by atoms with E-state index in [1.165, 1.54) is 11.8 Å². The van der Waals surface area contributed by atoms with Crippen molar-refractivity contribution < 1.29 is 14.4 Å². The van der Waals surface area contributed by atoms with Gasteiger partial charge in [-0.3, -0.25) is 14.4 Å². The van der Waals surface area contributed by atoms with E-state index in [1.807, 2.05) is 93.5 Å². The number of amides is 3. The zero-order valence-electron chi connectivity index (χ0n) is 24.1. The van der Waals surface area contributed by atoms with Crippen LogP contribution in [0.1, 0.15) is 27.0 Å². The van der Waals surface area contributed by atoms with Gasteiger partial charge in [-0.05, 0) is 91.2 Å². The van der Waals surface area contributed by atoms with Gasteiger partial charge in [0.15, 0.2) is 0 Å². The van der Waals surface area contributed by atoms with Crippen LogP contribution in [0.2, 0.25) is 0 Å². The molecule has 0 saturated heterocycles. The summed E-state index contributed by atoms with van der Waals surface area (Å²) in [6.07, 6.45) is 1.65. The highest BCUT2D eigenvalue weighted by molar-refractivity contribution is 8.00. The maximum Gasteiger partial charge on any atom is 0.272 e. The van der Waals surface area contributed by atoms with Gasteiger partial charge in [-0.1, -0.05) is 42.5 Å². The van der Waals surface area contributed by atoms with Crippen LogP contribution < -0.4 is 20.9 Å². The average molecular weight is 579 g/mol. The Morgan fingerprint density at radius 1 is 0.810 bits per heavy atom. The minimum Gasteiger partial charge on any atom is -0.378 e. The number of thioether (sulfide) groups is 1. The van der Waals surface area contributed by atoms with E-state index < -0.39 is 5.91 Å². The van der Waals surface area contributed by atoms with E-state index in [0.717, 1.165) is 33.0 Å². The Morgan fingerprint density at radius 2 is 1.50 bits per heavy atom. The minimum absolute atomic E-state index is 0.0892. The van der Waals surface area contributed by atoms with Gasteiger partial charge in [-0.15, -0.1) is 11.8 Å². The molecule has 0 unspecified atom stereocenters. The fourth-order valence-electron chi connectivity index (χ4n) is 4.02. The number of rotatable bonds is 10. The molecule has 0 aliphatic rings. The van der Waals surface area contributed by atoms with E-state index in [-0.39, 0.29) is 23.3 Å². The summed E-state index contributed by atoms with van der Waals surface area (Å²) < 4.78 is 0. The van der Waals surface area contributed by atoms with Gasteiger partial charge in [0, 0.05) is 41.6 Å². The number of anilines is 3. The number of carbonyl (C=O) groups excluding carboxylic acids is 3. The largest absolute Gasteiger partial charge is 0.378 e. The van der Waals surface area contributed by atoms with E-state index in [2.05, 4.69) is 16.0 Å². The lowest BCUT2D eigenvalue weighted by Gasteiger charge is -2.13. The molecule has 3 N–H and O–H groups in total. The summed E-state index contributed by atoms with van der Waals surface area (Å²) in [4.78, 5) is 41.6. The zero-order chi connectivity index (χ0) is 30.1. The molecule has 0 saturated carbocycles. The molecule has 0 fully saturated rings. The molecule has 8 heteroatoms. The summed E-state index contributed by atoms with van der Waals surface area (Å²) in [6.45, 7) is 3.95. The molecular formula is C34H34N4O3S. The normalized spacial score (nSPS) is 11.0. The Hall–Kier alpha value is -4.82. The minimum atomic E-state index is -0.454. The van der Waals surface area contributed by atoms with E-state index in [1.54, 1.807) is 42.5 Å². The number of nitrogens with one attached hydrogen (secondary N) is 3. The Bertz CT molecular complexity index is 1580. The van der Waals surface area contributed by atoms with E-state index >= 15 is 0 Å². The van der Waals surface area contributed by atoms with Crippen LogP contribution in [-0.4, -0.2) is 37.6 Å². The van der Waals surface area contributed by atoms with Crippen LogP contribution in [0.15, 0.2) is 108 Å². The second kappa shape index (κ2) is 14.2. The smallest absolute Gasteiger partial charge is 0.272 e. The summed E-state index contributed by atoms with van der Waals surface area (Å²) in [6, 6.07) is 29.6. The molecule has 0 bridgehead atoms. The van der Waals surface area contributed by atoms with Gasteiger partial charge in [0.2, 0.25) is 5.91 Å². The van der Waals surface area contributed by atoms with Crippen molar-refractivity contribution in [3.8, 4) is 0 Å². The van der Waals surface area contributed by atoms with E-state index in [9.17, 15) is 14.4 Å². The van der Waals surface area contributed by atoms with Crippen LogP contribution in [-0.2, 0) is 9.59 Å². The molecule has 0 radical (unpaired) electrons. The lowest BCUT2D eigenvalue weighted by molar-refractivity contribution is -0.114. The van der Waals surface area contributed by atoms with Crippen molar-refractivity contribution in [3.63, 3.8) is 0 Å². The molecule has 7 nitrogen and oxygen atoms in total. The second-order valence-corrected chi connectivity index (χ2v) is 11.0. The maximum absolute atomic E-state index is 13.3. The van der Waals surface area contributed by atoms with Crippen LogP contribution in [0.4, 0.5) is 17.1 Å². The van der Waals surface area contributed by atoms with Gasteiger partial charge in [-0.2, -0.15) is 0 Å². The molecule has 0 aliphatic heterocycles. The first-order valence-corrected chi connectivity index (χ1v) is 14.4. The number of benzene rings is 4. The van der Waals surface area contributed by atoms with Gasteiger partial charge in [0.05, 0.1) is 5.75 Å². The number of carbonyl (C=O) groups is 3. The van der Waals surface area contributed by atoms with E-state index in [4.69, 9.17) is 0 Å². The van der Waals surface area contributed by atoms with Crippen molar-refractivity contribution in [2.24, 2.45) is 0 Å². The number of hydrogen-bond donors (Lipinski definition) is 3. The molecule has 214 valence electrons. The molecule has 4 rings (SSSR count). The highest BCUT2D eigenvalue weighted by Gasteiger charge is 2.15. The molecule has 3 amide bonds. The van der Waals surface area contributed by atoms with Crippen LogP contribution >= 0.6 is 11.8 Å². The van der Waals surface area contributed by atoms with Crippen molar-refractivity contribution in [3.05, 3.63) is 125 Å². The Balaban J connectivity index is 1.42. The average Bonchev–Trinajstić information content (AvgIpc) is 2.99. The van der Waals surface area contributed by atoms with Gasteiger partial charge >= 0.3 is 0 Å². The zero-order valence-corrected chi connectivity index (χ0v) is 24.9. The van der Waals surface area contributed by atoms with Crippen molar-refractivity contribution in [2.75, 3.05) is 35.4 Å². The number of hydrogen-bond acceptors (Lipinski definition) is 5. The number of nitrogens with zero attached hydrogens (tertiary/aromatic N) is 1. The predicted octanol–water partition coefficient (Wildman–Crippen LogP) is 6.51. The summed E-state index contributed by atoms with van der Waals surface area (Å²) in [5.74, 6) is -0.671. The molecule has 0 aliphatic carbocycles. The molecule has 0 spiro atoms. The molecule has 4 aromatic rings. The van der Waals surface area contributed by atoms with Crippen LogP contribution in [0.25, 0.3) is 6.08 Å². The van der Waals surface area contributed by atoms with Crippen molar-refractivity contribution in [1.29, 1.82) is 0 Å². The van der Waals surface area contributed by atoms with Crippen molar-refractivity contribution in [2.45, 2.75) is 18.7 Å². The highest BCUT2D eigenvalue weighted by atomic mass is 32.2. The fourth-order valence-corrected chi connectivity index (χ4v) is 4.71. The van der Waals surface area contributed by atoms with Crippen LogP contribution in [0.3, 0.4) is 0 Å². The fraction of sp³-hybridized carbons (Fsp3) is 0.147. The third-order valence-electron chi connectivity index (χ3n) is 6.40. The van der Waals surface area contributed by atoms with Crippen LogP contribution in [0.5, 0.6) is 0 Å². The van der Waals surface area contributed by atoms with Crippen LogP contribution in [0, 0.1) is 13.8 Å². The summed E-state index contributed by atoms with van der Waals surface area (Å²) in [5.41, 5.74) is 5.82. The Labute approximate surface area is 251 Å². The van der Waals surface area contributed by atoms with Gasteiger partial charge < -0.3 is 20.9 Å². The Kier molecular flexibility index (Phi) is 10.2. The standard InChI is InChI=1S/C34H34N4O3S/c1-23-10-11-24(2)30(20-23)36-32(39)22-42-29-18-14-27(15-19-29)35-34(41)31(37-33(40)26-8-6-5-7-9-26)21-25-12-16-28(17-13-25)38(3)4/h5-21H,22H2,1-4H3,(H,35,41)(H,36,39)(H,37,40)/b31-21-. The lowest BCUT2D eigenvalue weighted by atomic mass is 10.1. The third kappa shape index (κ3) is 8.59. The number of aryl methyl sites for hydroxylation is 2. The molecule has 4 aromatic carbocycles. The molecule has 0 atom stereocenters. The molecule has 0 heterocycles. The molecule has 0 aromatic heterocycles. The van der Waals surface area contributed by atoms with E-state index in [0.29, 0.717) is 11.3 Å². The van der Waals surface area contributed by atoms with Crippen molar-refractivity contribution >= 4 is 52.6 Å². The Morgan fingerprint density at radius 3 is 2.17 bits per heavy atom. The monoisotopic (exact) mass is 578 g/mol. The van der Waals surface area contributed by atoms with Gasteiger partial charge in [0.1, 0.15) is 5.70 Å². The lowest BCUT2D eigenvalue weighted by Crippen LogP contribution is -2.30. The third-order valence-corrected chi connectivity index (χ3v) is 7.41. The second-order valence-electron chi connectivity index (χ2n) is 10.00. The first-order valence-electron chi connectivity index (χ1n) is 13.4. The molecular weight excluding hydrogens is 544 g/mol. The summed E-state index contributed by atoms with van der Waals surface area (Å²) in [7, 11) is 3.91. The van der Waals surface area contributed by atoms with Crippen molar-refractivity contribution in [1.82, 2.24) is 5.32 Å². The first kappa shape index (κ1) is 30.1. The summed E-state index contributed by atoms with van der Waals surface area (Å²) >= 11 is 1.41. The topological polar surface area (TPSA) is 90.5 Å². The molecule has 42 heavy (non-hydrogen) atoms. The highest BCUT2D eigenvalue weighted by Crippen LogP contribution is 2.22. The van der Waals surface area contributed by atoms with Gasteiger partial charge in [0.25, 0.3) is 11.8 Å². The summed E-state index contributed by atoms with van der Waals surface area (Å²) in [5, 5.41) is 8.60. The van der Waals surface area contributed by atoms with Gasteiger partial charge in [-0.25, -0.2) is 0 Å². The maximum atomic E-state index is 13.3. The predicted molar refractivity (Wildman–Crippen MR) is 173 cm³/mol.